The molecule has 3 rings (SSSR count). The fraction of sp³-hybridized carbons (Fsp3) is 0.0833. The Labute approximate surface area is 195 Å². The summed E-state index contributed by atoms with van der Waals surface area (Å²) >= 11 is 5.85. The second-order valence-electron chi connectivity index (χ2n) is 6.66. The van der Waals surface area contributed by atoms with Crippen molar-refractivity contribution in [1.29, 1.82) is 0 Å². The average Bonchev–Trinajstić information content (AvgIpc) is 2.82. The molecular formula is C24H21ClN4O4. The summed E-state index contributed by atoms with van der Waals surface area (Å²) in [5.41, 5.74) is 3.77. The first kappa shape index (κ1) is 23.5. The minimum Gasteiger partial charge on any atom is -0.494 e. The topological polar surface area (TPSA) is 109 Å². The number of ether oxygens (including phenoxy) is 1. The summed E-state index contributed by atoms with van der Waals surface area (Å²) in [5, 5.41) is 9.47. The summed E-state index contributed by atoms with van der Waals surface area (Å²) in [6.07, 6.45) is 1.40. The van der Waals surface area contributed by atoms with Gasteiger partial charge in [-0.05, 0) is 73.2 Å². The molecule has 0 spiro atoms. The Balaban J connectivity index is 1.59. The van der Waals surface area contributed by atoms with Crippen molar-refractivity contribution in [3.8, 4) is 5.75 Å². The third-order valence-electron chi connectivity index (χ3n) is 4.30. The standard InChI is InChI=1S/C24H21ClN4O4/c1-2-33-19-13-7-16(8-14-19)15-26-29-24(32)23(31)28-21-6-4-3-5-20(21)22(30)27-18-11-9-17(25)10-12-18/h3-15H,2H2,1H3,(H,27,30)(H,28,31)(H,29,32). The van der Waals surface area contributed by atoms with Crippen LogP contribution >= 0.6 is 11.6 Å². The van der Waals surface area contributed by atoms with E-state index in [0.29, 0.717) is 22.9 Å². The maximum absolute atomic E-state index is 12.6. The minimum atomic E-state index is -0.981. The van der Waals surface area contributed by atoms with E-state index in [9.17, 15) is 14.4 Å². The summed E-state index contributed by atoms with van der Waals surface area (Å²) < 4.78 is 5.35. The Morgan fingerprint density at radius 1 is 0.909 bits per heavy atom. The van der Waals surface area contributed by atoms with Gasteiger partial charge in [-0.3, -0.25) is 14.4 Å². The molecule has 0 aliphatic heterocycles. The number of benzene rings is 3. The molecule has 3 amide bonds. The molecule has 0 radical (unpaired) electrons. The SMILES string of the molecule is CCOc1ccc(C=NNC(=O)C(=O)Nc2ccccc2C(=O)Nc2ccc(Cl)cc2)cc1. The number of halogens is 1. The zero-order valence-corrected chi connectivity index (χ0v) is 18.4. The van der Waals surface area contributed by atoms with Crippen LogP contribution in [0.15, 0.2) is 77.9 Å². The monoisotopic (exact) mass is 464 g/mol. The first-order chi connectivity index (χ1) is 16.0. The van der Waals surface area contributed by atoms with Crippen LogP contribution in [0.5, 0.6) is 5.75 Å². The molecule has 8 nitrogen and oxygen atoms in total. The van der Waals surface area contributed by atoms with Crippen molar-refractivity contribution in [3.63, 3.8) is 0 Å². The van der Waals surface area contributed by atoms with Crippen molar-refractivity contribution >= 4 is 46.9 Å². The lowest BCUT2D eigenvalue weighted by Gasteiger charge is -2.11. The zero-order chi connectivity index (χ0) is 23.6. The van der Waals surface area contributed by atoms with Crippen LogP contribution in [-0.2, 0) is 9.59 Å². The zero-order valence-electron chi connectivity index (χ0n) is 17.7. The second-order valence-corrected chi connectivity index (χ2v) is 7.10. The van der Waals surface area contributed by atoms with Crippen LogP contribution < -0.4 is 20.8 Å². The maximum atomic E-state index is 12.6. The Morgan fingerprint density at radius 2 is 1.61 bits per heavy atom. The highest BCUT2D eigenvalue weighted by Crippen LogP contribution is 2.19. The first-order valence-corrected chi connectivity index (χ1v) is 10.4. The number of hydrazone groups is 1. The van der Waals surface area contributed by atoms with Crippen molar-refractivity contribution in [2.45, 2.75) is 6.92 Å². The molecule has 0 atom stereocenters. The van der Waals surface area contributed by atoms with Crippen LogP contribution in [0.2, 0.25) is 5.02 Å². The molecular weight excluding hydrogens is 444 g/mol. The molecule has 3 aromatic rings. The summed E-state index contributed by atoms with van der Waals surface area (Å²) in [4.78, 5) is 37.0. The number of nitrogens with one attached hydrogen (secondary N) is 3. The number of hydrogen-bond acceptors (Lipinski definition) is 5. The Hall–Kier alpha value is -4.17. The normalized spacial score (nSPS) is 10.5. The quantitative estimate of drug-likeness (QED) is 0.278. The first-order valence-electron chi connectivity index (χ1n) is 9.99. The molecule has 0 fully saturated rings. The Morgan fingerprint density at radius 3 is 2.30 bits per heavy atom. The second kappa shape index (κ2) is 11.4. The van der Waals surface area contributed by atoms with E-state index < -0.39 is 17.7 Å². The molecule has 0 aliphatic rings. The highest BCUT2D eigenvalue weighted by atomic mass is 35.5. The number of rotatable bonds is 7. The third-order valence-corrected chi connectivity index (χ3v) is 4.55. The fourth-order valence-corrected chi connectivity index (χ4v) is 2.86. The molecule has 0 aliphatic carbocycles. The minimum absolute atomic E-state index is 0.180. The Kier molecular flexibility index (Phi) is 8.15. The van der Waals surface area contributed by atoms with Crippen LogP contribution in [-0.4, -0.2) is 30.5 Å². The van der Waals surface area contributed by atoms with Crippen LogP contribution in [0, 0.1) is 0 Å². The van der Waals surface area contributed by atoms with Crippen LogP contribution in [0.25, 0.3) is 0 Å². The van der Waals surface area contributed by atoms with Crippen LogP contribution in [0.4, 0.5) is 11.4 Å². The molecule has 0 bridgehead atoms. The predicted octanol–water partition coefficient (Wildman–Crippen LogP) is 4.08. The number of anilines is 2. The van der Waals surface area contributed by atoms with E-state index in [1.807, 2.05) is 6.92 Å². The number of carbonyl (C=O) groups excluding carboxylic acids is 3. The fourth-order valence-electron chi connectivity index (χ4n) is 2.73. The van der Waals surface area contributed by atoms with Gasteiger partial charge in [-0.2, -0.15) is 5.10 Å². The highest BCUT2D eigenvalue weighted by Gasteiger charge is 2.17. The molecule has 0 saturated carbocycles. The van der Waals surface area contributed by atoms with E-state index in [2.05, 4.69) is 21.2 Å². The van der Waals surface area contributed by atoms with Gasteiger partial charge in [-0.1, -0.05) is 23.7 Å². The summed E-state index contributed by atoms with van der Waals surface area (Å²) in [6.45, 7) is 2.45. The lowest BCUT2D eigenvalue weighted by atomic mass is 10.1. The van der Waals surface area contributed by atoms with E-state index >= 15 is 0 Å². The smallest absolute Gasteiger partial charge is 0.329 e. The number of amides is 3. The highest BCUT2D eigenvalue weighted by molar-refractivity contribution is 6.40. The van der Waals surface area contributed by atoms with Gasteiger partial charge < -0.3 is 15.4 Å². The van der Waals surface area contributed by atoms with Crippen molar-refractivity contribution in [2.24, 2.45) is 5.10 Å². The van der Waals surface area contributed by atoms with Gasteiger partial charge in [-0.25, -0.2) is 5.43 Å². The van der Waals surface area contributed by atoms with E-state index in [1.54, 1.807) is 60.7 Å². The van der Waals surface area contributed by atoms with E-state index in [0.717, 1.165) is 5.75 Å². The largest absolute Gasteiger partial charge is 0.494 e. The van der Waals surface area contributed by atoms with Crippen LogP contribution in [0.1, 0.15) is 22.8 Å². The van der Waals surface area contributed by atoms with E-state index in [1.165, 1.54) is 18.3 Å². The predicted molar refractivity (Wildman–Crippen MR) is 128 cm³/mol. The van der Waals surface area contributed by atoms with Gasteiger partial charge in [0, 0.05) is 10.7 Å². The van der Waals surface area contributed by atoms with Gasteiger partial charge in [0.1, 0.15) is 5.75 Å². The molecule has 0 heterocycles. The van der Waals surface area contributed by atoms with E-state index in [-0.39, 0.29) is 11.3 Å². The number of nitrogens with zero attached hydrogens (tertiary/aromatic N) is 1. The molecule has 9 heteroatoms. The lowest BCUT2D eigenvalue weighted by molar-refractivity contribution is -0.136. The van der Waals surface area contributed by atoms with Gasteiger partial charge in [-0.15, -0.1) is 0 Å². The maximum Gasteiger partial charge on any atom is 0.329 e. The van der Waals surface area contributed by atoms with Crippen molar-refractivity contribution in [2.75, 3.05) is 17.2 Å². The van der Waals surface area contributed by atoms with Gasteiger partial charge in [0.2, 0.25) is 0 Å². The molecule has 0 saturated heterocycles. The summed E-state index contributed by atoms with van der Waals surface area (Å²) in [7, 11) is 0. The molecule has 3 N–H and O–H groups in total. The number of hydrogen-bond donors (Lipinski definition) is 3. The van der Waals surface area contributed by atoms with Crippen LogP contribution in [0.3, 0.4) is 0 Å². The summed E-state index contributed by atoms with van der Waals surface area (Å²) in [5.74, 6) is -1.69. The number of para-hydroxylation sites is 1. The lowest BCUT2D eigenvalue weighted by Crippen LogP contribution is -2.33. The number of carbonyl (C=O) groups is 3. The van der Waals surface area contributed by atoms with Gasteiger partial charge in [0.05, 0.1) is 24.1 Å². The third kappa shape index (κ3) is 6.91. The van der Waals surface area contributed by atoms with Gasteiger partial charge in [0.25, 0.3) is 5.91 Å². The molecule has 0 aromatic heterocycles. The molecule has 3 aromatic carbocycles. The molecule has 0 unspecified atom stereocenters. The van der Waals surface area contributed by atoms with Gasteiger partial charge in [0.15, 0.2) is 0 Å². The van der Waals surface area contributed by atoms with Crippen molar-refractivity contribution < 1.29 is 19.1 Å². The molecule has 168 valence electrons. The van der Waals surface area contributed by atoms with E-state index in [4.69, 9.17) is 16.3 Å². The van der Waals surface area contributed by atoms with Crippen molar-refractivity contribution in [1.82, 2.24) is 5.43 Å². The Bertz CT molecular complexity index is 1160. The van der Waals surface area contributed by atoms with Crippen molar-refractivity contribution in [3.05, 3.63) is 88.9 Å². The summed E-state index contributed by atoms with van der Waals surface area (Å²) in [6, 6.07) is 20.0. The average molecular weight is 465 g/mol. The van der Waals surface area contributed by atoms with Gasteiger partial charge >= 0.3 is 11.8 Å². The molecule has 33 heavy (non-hydrogen) atoms.